The molecule has 0 saturated carbocycles. The molecule has 0 aliphatic heterocycles. The van der Waals surface area contributed by atoms with Crippen molar-refractivity contribution in [3.63, 3.8) is 0 Å². The van der Waals surface area contributed by atoms with E-state index in [9.17, 15) is 4.39 Å². The molecule has 0 fully saturated rings. The van der Waals surface area contributed by atoms with Crippen molar-refractivity contribution in [2.24, 2.45) is 0 Å². The number of pyridine rings is 1. The first-order valence-electron chi connectivity index (χ1n) is 12.0. The quantitative estimate of drug-likeness (QED) is 0.278. The lowest BCUT2D eigenvalue weighted by molar-refractivity contribution is 0.425. The van der Waals surface area contributed by atoms with E-state index in [1.165, 1.54) is 6.07 Å². The first-order valence-corrected chi connectivity index (χ1v) is 12.0. The second kappa shape index (κ2) is 9.44. The molecule has 0 aliphatic rings. The maximum atomic E-state index is 14.6. The molecule has 4 heterocycles. The van der Waals surface area contributed by atoms with Crippen molar-refractivity contribution in [2.45, 2.75) is 0 Å². The monoisotopic (exact) mass is 492 g/mol. The zero-order chi connectivity index (χ0) is 25.4. The number of H-pyrrole nitrogens is 2. The number of aromatic amines is 2. The molecule has 0 radical (unpaired) electrons. The van der Waals surface area contributed by atoms with Crippen LogP contribution in [0.1, 0.15) is 0 Å². The van der Waals surface area contributed by atoms with Crippen LogP contribution in [-0.2, 0) is 0 Å². The highest BCUT2D eigenvalue weighted by atomic mass is 19.1. The van der Waals surface area contributed by atoms with Crippen molar-refractivity contribution in [3.05, 3.63) is 79.1 Å². The summed E-state index contributed by atoms with van der Waals surface area (Å²) in [5, 5.41) is 12.8. The maximum absolute atomic E-state index is 14.6. The molecule has 0 atom stereocenters. The van der Waals surface area contributed by atoms with Gasteiger partial charge in [0.2, 0.25) is 0 Å². The van der Waals surface area contributed by atoms with Gasteiger partial charge in [0.05, 0.1) is 23.1 Å². The number of fused-ring (bicyclic) bond motifs is 2. The molecule has 0 saturated heterocycles. The molecule has 0 bridgehead atoms. The van der Waals surface area contributed by atoms with E-state index in [2.05, 4.69) is 46.4 Å². The average Bonchev–Trinajstić information content (AvgIpc) is 3.52. The van der Waals surface area contributed by atoms with E-state index in [1.54, 1.807) is 30.9 Å². The van der Waals surface area contributed by atoms with Gasteiger partial charge in [0.1, 0.15) is 17.2 Å². The van der Waals surface area contributed by atoms with Crippen LogP contribution < -0.4 is 5.32 Å². The summed E-state index contributed by atoms with van der Waals surface area (Å²) in [6.45, 7) is 1.57. The van der Waals surface area contributed by atoms with Crippen LogP contribution in [0, 0.1) is 5.82 Å². The molecule has 0 spiro atoms. The average molecular weight is 493 g/mol. The molecule has 0 aliphatic carbocycles. The Hall–Kier alpha value is -4.63. The second-order valence-electron chi connectivity index (χ2n) is 9.19. The van der Waals surface area contributed by atoms with Crippen LogP contribution in [0.25, 0.3) is 55.7 Å². The lowest BCUT2D eigenvalue weighted by atomic mass is 10.0. The first-order chi connectivity index (χ1) is 18.0. The van der Waals surface area contributed by atoms with Gasteiger partial charge < -0.3 is 15.2 Å². The lowest BCUT2D eigenvalue weighted by Crippen LogP contribution is -2.20. The number of benzene rings is 2. The fraction of sp³-hybridized carbons (Fsp3) is 0.143. The van der Waals surface area contributed by atoms with E-state index in [0.717, 1.165) is 68.8 Å². The molecule has 2 aromatic carbocycles. The van der Waals surface area contributed by atoms with Gasteiger partial charge in [-0.1, -0.05) is 6.07 Å². The van der Waals surface area contributed by atoms with Crippen molar-refractivity contribution >= 4 is 27.6 Å². The maximum Gasteiger partial charge on any atom is 0.138 e. The number of hydrogen-bond donors (Lipinski definition) is 3. The Morgan fingerprint density at radius 2 is 1.84 bits per heavy atom. The van der Waals surface area contributed by atoms with Crippen LogP contribution in [0.4, 0.5) is 10.1 Å². The fourth-order valence-electron chi connectivity index (χ4n) is 4.50. The number of rotatable bonds is 7. The van der Waals surface area contributed by atoms with Crippen molar-refractivity contribution in [3.8, 4) is 33.8 Å². The molecule has 6 aromatic rings. The Morgan fingerprint density at radius 3 is 2.68 bits per heavy atom. The molecular formula is C28H25FN8. The normalized spacial score (nSPS) is 11.6. The molecule has 0 amide bonds. The Balaban J connectivity index is 1.41. The summed E-state index contributed by atoms with van der Waals surface area (Å²) in [5.41, 5.74) is 7.36. The van der Waals surface area contributed by atoms with E-state index in [-0.39, 0.29) is 5.82 Å². The number of anilines is 1. The van der Waals surface area contributed by atoms with Crippen molar-refractivity contribution in [1.82, 2.24) is 35.0 Å². The van der Waals surface area contributed by atoms with Crippen LogP contribution in [-0.4, -0.2) is 62.2 Å². The van der Waals surface area contributed by atoms with Gasteiger partial charge in [-0.3, -0.25) is 15.1 Å². The number of likely N-dealkylation sites (N-methyl/N-ethyl adjacent to an activating group) is 1. The SMILES string of the molecule is CN(C)CCNc1cc(F)cc(-c2ccnc3[nH]c(-c4n[nH]c5ccc(-c6cnccn6)cc45)cc23)c1. The van der Waals surface area contributed by atoms with Gasteiger partial charge in [-0.05, 0) is 67.7 Å². The second-order valence-corrected chi connectivity index (χ2v) is 9.19. The lowest BCUT2D eigenvalue weighted by Gasteiger charge is -2.13. The number of halogens is 1. The predicted octanol–water partition coefficient (Wildman–Crippen LogP) is 5.34. The Labute approximate surface area is 212 Å². The fourth-order valence-corrected chi connectivity index (χ4v) is 4.50. The van der Waals surface area contributed by atoms with E-state index < -0.39 is 0 Å². The van der Waals surface area contributed by atoms with Crippen LogP contribution in [0.2, 0.25) is 0 Å². The smallest absolute Gasteiger partial charge is 0.138 e. The summed E-state index contributed by atoms with van der Waals surface area (Å²) < 4.78 is 14.6. The van der Waals surface area contributed by atoms with Crippen molar-refractivity contribution in [2.75, 3.05) is 32.5 Å². The third-order valence-electron chi connectivity index (χ3n) is 6.31. The van der Waals surface area contributed by atoms with Gasteiger partial charge >= 0.3 is 0 Å². The van der Waals surface area contributed by atoms with Crippen LogP contribution in [0.3, 0.4) is 0 Å². The zero-order valence-electron chi connectivity index (χ0n) is 20.5. The largest absolute Gasteiger partial charge is 0.384 e. The molecule has 9 heteroatoms. The highest BCUT2D eigenvalue weighted by molar-refractivity contribution is 6.00. The van der Waals surface area contributed by atoms with E-state index >= 15 is 0 Å². The molecule has 3 N–H and O–H groups in total. The Bertz CT molecular complexity index is 1700. The first kappa shape index (κ1) is 22.8. The third kappa shape index (κ3) is 4.52. The van der Waals surface area contributed by atoms with Crippen LogP contribution in [0.15, 0.2) is 73.3 Å². The van der Waals surface area contributed by atoms with E-state index in [0.29, 0.717) is 5.65 Å². The van der Waals surface area contributed by atoms with Gasteiger partial charge in [0.25, 0.3) is 0 Å². The van der Waals surface area contributed by atoms with Gasteiger partial charge in [-0.2, -0.15) is 5.10 Å². The topological polar surface area (TPSA) is 98.4 Å². The number of nitrogens with zero attached hydrogens (tertiary/aromatic N) is 5. The summed E-state index contributed by atoms with van der Waals surface area (Å²) in [4.78, 5) is 18.6. The van der Waals surface area contributed by atoms with E-state index in [1.807, 2.05) is 44.4 Å². The molecule has 6 rings (SSSR count). The minimum absolute atomic E-state index is 0.291. The Kier molecular flexibility index (Phi) is 5.82. The third-order valence-corrected chi connectivity index (χ3v) is 6.31. The summed E-state index contributed by atoms with van der Waals surface area (Å²) in [6.07, 6.45) is 6.80. The van der Waals surface area contributed by atoms with Gasteiger partial charge in [0.15, 0.2) is 0 Å². The molecule has 37 heavy (non-hydrogen) atoms. The standard InChI is InChI=1S/C28H25FN8/c1-37(2)10-9-31-20-12-18(11-19(29)14-20)21-5-6-33-28-22(21)15-25(34-28)27-23-13-17(3-4-24(23)35-36-27)26-16-30-7-8-32-26/h3-8,11-16,31H,9-10H2,1-2H3,(H,33,34)(H,35,36). The highest BCUT2D eigenvalue weighted by Gasteiger charge is 2.16. The Morgan fingerprint density at radius 1 is 0.919 bits per heavy atom. The molecule has 8 nitrogen and oxygen atoms in total. The zero-order valence-corrected chi connectivity index (χ0v) is 20.5. The molecular weight excluding hydrogens is 467 g/mol. The van der Waals surface area contributed by atoms with Crippen molar-refractivity contribution < 1.29 is 4.39 Å². The van der Waals surface area contributed by atoms with Gasteiger partial charge in [0, 0.05) is 53.7 Å². The minimum Gasteiger partial charge on any atom is -0.384 e. The summed E-state index contributed by atoms with van der Waals surface area (Å²) >= 11 is 0. The van der Waals surface area contributed by atoms with E-state index in [4.69, 9.17) is 0 Å². The van der Waals surface area contributed by atoms with Crippen molar-refractivity contribution in [1.29, 1.82) is 0 Å². The summed E-state index contributed by atoms with van der Waals surface area (Å²) in [5.74, 6) is -0.291. The van der Waals surface area contributed by atoms with Gasteiger partial charge in [-0.25, -0.2) is 9.37 Å². The summed E-state index contributed by atoms with van der Waals surface area (Å²) in [7, 11) is 4.02. The number of aromatic nitrogens is 6. The number of nitrogens with one attached hydrogen (secondary N) is 3. The molecule has 4 aromatic heterocycles. The van der Waals surface area contributed by atoms with Crippen LogP contribution in [0.5, 0.6) is 0 Å². The number of hydrogen-bond acceptors (Lipinski definition) is 6. The summed E-state index contributed by atoms with van der Waals surface area (Å²) in [6, 6.07) is 15.0. The van der Waals surface area contributed by atoms with Crippen LogP contribution >= 0.6 is 0 Å². The molecule has 0 unspecified atom stereocenters. The van der Waals surface area contributed by atoms with Gasteiger partial charge in [-0.15, -0.1) is 0 Å². The molecule has 184 valence electrons. The predicted molar refractivity (Wildman–Crippen MR) is 145 cm³/mol. The highest BCUT2D eigenvalue weighted by Crippen LogP contribution is 2.35. The minimum atomic E-state index is -0.291.